The number of carboxylic acid groups (broad SMARTS) is 1. The van der Waals surface area contributed by atoms with Gasteiger partial charge in [0.25, 0.3) is 0 Å². The van der Waals surface area contributed by atoms with Crippen molar-refractivity contribution in [2.75, 3.05) is 0 Å². The maximum absolute atomic E-state index is 11.6. The largest absolute Gasteiger partial charge is 0.480 e. The lowest BCUT2D eigenvalue weighted by molar-refractivity contribution is -0.138. The van der Waals surface area contributed by atoms with Crippen molar-refractivity contribution in [1.82, 2.24) is 9.97 Å². The number of carboxylic acids is 1. The van der Waals surface area contributed by atoms with E-state index in [1.807, 2.05) is 0 Å². The molecule has 0 unspecified atom stereocenters. The Morgan fingerprint density at radius 1 is 1.19 bits per heavy atom. The van der Waals surface area contributed by atoms with Crippen molar-refractivity contribution in [1.29, 1.82) is 0 Å². The summed E-state index contributed by atoms with van der Waals surface area (Å²) in [4.78, 5) is 22.4. The fourth-order valence-corrected chi connectivity index (χ4v) is 4.81. The number of carbonyl (C=O) groups is 1. The van der Waals surface area contributed by atoms with Crippen LogP contribution in [0.5, 0.6) is 0 Å². The minimum Gasteiger partial charge on any atom is -0.480 e. The van der Waals surface area contributed by atoms with Crippen molar-refractivity contribution in [3.63, 3.8) is 0 Å². The average Bonchev–Trinajstić information content (AvgIpc) is 2.91. The zero-order valence-electron chi connectivity index (χ0n) is 15.5. The Hall–Kier alpha value is -1.92. The standard InChI is InChI=1S/C20H22N2O2S2/c1-11(2)13-6-8-14(9-7-13)15-12(3)25-17-16(15)18(22-10-21-17)26-20(4,5)19(23)24/h6-11H,1-5H3,(H,23,24). The maximum atomic E-state index is 11.6. The molecule has 3 aromatic rings. The molecule has 136 valence electrons. The molecule has 0 spiro atoms. The van der Waals surface area contributed by atoms with Crippen LogP contribution in [0.1, 0.15) is 44.1 Å². The van der Waals surface area contributed by atoms with E-state index in [4.69, 9.17) is 0 Å². The molecular weight excluding hydrogens is 364 g/mol. The Morgan fingerprint density at radius 3 is 2.42 bits per heavy atom. The molecule has 0 amide bonds. The number of hydrogen-bond acceptors (Lipinski definition) is 5. The van der Waals surface area contributed by atoms with E-state index in [0.717, 1.165) is 31.2 Å². The number of nitrogens with zero attached hydrogens (tertiary/aromatic N) is 2. The van der Waals surface area contributed by atoms with Gasteiger partial charge in [0.05, 0.1) is 5.39 Å². The van der Waals surface area contributed by atoms with Crippen LogP contribution in [0.2, 0.25) is 0 Å². The number of benzene rings is 1. The highest BCUT2D eigenvalue weighted by atomic mass is 32.2. The van der Waals surface area contributed by atoms with E-state index in [0.29, 0.717) is 5.92 Å². The van der Waals surface area contributed by atoms with Crippen molar-refractivity contribution < 1.29 is 9.90 Å². The number of thiophene rings is 1. The molecule has 0 aliphatic rings. The summed E-state index contributed by atoms with van der Waals surface area (Å²) in [5.41, 5.74) is 3.51. The van der Waals surface area contributed by atoms with Gasteiger partial charge in [-0.3, -0.25) is 4.79 Å². The van der Waals surface area contributed by atoms with Crippen LogP contribution in [-0.2, 0) is 4.79 Å². The van der Waals surface area contributed by atoms with Gasteiger partial charge in [0.2, 0.25) is 0 Å². The topological polar surface area (TPSA) is 63.1 Å². The van der Waals surface area contributed by atoms with Gasteiger partial charge in [0.1, 0.15) is 20.9 Å². The molecule has 2 aromatic heterocycles. The van der Waals surface area contributed by atoms with Gasteiger partial charge in [0.15, 0.2) is 0 Å². The minimum atomic E-state index is -0.962. The van der Waals surface area contributed by atoms with Gasteiger partial charge >= 0.3 is 5.97 Å². The molecule has 1 aromatic carbocycles. The molecule has 2 heterocycles. The Bertz CT molecular complexity index is 960. The summed E-state index contributed by atoms with van der Waals surface area (Å²) in [6.07, 6.45) is 1.52. The zero-order valence-corrected chi connectivity index (χ0v) is 17.2. The van der Waals surface area contributed by atoms with Gasteiger partial charge in [-0.25, -0.2) is 9.97 Å². The van der Waals surface area contributed by atoms with Gasteiger partial charge in [-0.15, -0.1) is 11.3 Å². The summed E-state index contributed by atoms with van der Waals surface area (Å²) >= 11 is 2.89. The Labute approximate surface area is 161 Å². The first-order chi connectivity index (χ1) is 12.2. The number of thioether (sulfide) groups is 1. The summed E-state index contributed by atoms with van der Waals surface area (Å²) < 4.78 is -0.962. The highest BCUT2D eigenvalue weighted by Gasteiger charge is 2.31. The van der Waals surface area contributed by atoms with Crippen LogP contribution in [0.3, 0.4) is 0 Å². The van der Waals surface area contributed by atoms with Crippen LogP contribution in [-0.4, -0.2) is 25.8 Å². The second kappa shape index (κ2) is 7.00. The lowest BCUT2D eigenvalue weighted by atomic mass is 9.98. The monoisotopic (exact) mass is 386 g/mol. The van der Waals surface area contributed by atoms with Gasteiger partial charge in [-0.1, -0.05) is 49.9 Å². The molecular formula is C20H22N2O2S2. The molecule has 0 atom stereocenters. The molecule has 26 heavy (non-hydrogen) atoms. The molecule has 1 N–H and O–H groups in total. The summed E-state index contributed by atoms with van der Waals surface area (Å²) in [5.74, 6) is -0.376. The highest BCUT2D eigenvalue weighted by Crippen LogP contribution is 2.44. The number of aliphatic carboxylic acids is 1. The lowest BCUT2D eigenvalue weighted by Crippen LogP contribution is -2.27. The van der Waals surface area contributed by atoms with E-state index in [-0.39, 0.29) is 0 Å². The van der Waals surface area contributed by atoms with Gasteiger partial charge in [-0.05, 0) is 37.8 Å². The third-order valence-electron chi connectivity index (χ3n) is 4.36. The van der Waals surface area contributed by atoms with Crippen molar-refractivity contribution in [2.24, 2.45) is 0 Å². The highest BCUT2D eigenvalue weighted by molar-refractivity contribution is 8.01. The van der Waals surface area contributed by atoms with Crippen LogP contribution in [0.15, 0.2) is 35.6 Å². The van der Waals surface area contributed by atoms with Crippen molar-refractivity contribution in [2.45, 2.75) is 50.3 Å². The van der Waals surface area contributed by atoms with Crippen LogP contribution >= 0.6 is 23.1 Å². The number of aromatic nitrogens is 2. The maximum Gasteiger partial charge on any atom is 0.319 e. The average molecular weight is 387 g/mol. The normalized spacial score (nSPS) is 12.1. The fourth-order valence-electron chi connectivity index (χ4n) is 2.76. The minimum absolute atomic E-state index is 0.482. The Kier molecular flexibility index (Phi) is 5.08. The molecule has 0 saturated carbocycles. The second-order valence-corrected chi connectivity index (χ2v) is 9.90. The van der Waals surface area contributed by atoms with Crippen LogP contribution in [0.4, 0.5) is 0 Å². The zero-order chi connectivity index (χ0) is 19.1. The van der Waals surface area contributed by atoms with E-state index in [2.05, 4.69) is 55.0 Å². The predicted octanol–water partition coefficient (Wildman–Crippen LogP) is 5.75. The summed E-state index contributed by atoms with van der Waals surface area (Å²) in [7, 11) is 0. The van der Waals surface area contributed by atoms with E-state index in [9.17, 15) is 9.90 Å². The van der Waals surface area contributed by atoms with Gasteiger partial charge in [0, 0.05) is 10.4 Å². The summed E-state index contributed by atoms with van der Waals surface area (Å²) in [6, 6.07) is 8.57. The number of rotatable bonds is 5. The summed E-state index contributed by atoms with van der Waals surface area (Å²) in [6.45, 7) is 9.83. The first-order valence-corrected chi connectivity index (χ1v) is 10.1. The molecule has 3 rings (SSSR count). The molecule has 6 heteroatoms. The van der Waals surface area contributed by atoms with Gasteiger partial charge < -0.3 is 5.11 Å². The molecule has 0 bridgehead atoms. The van der Waals surface area contributed by atoms with Crippen molar-refractivity contribution >= 4 is 39.3 Å². The van der Waals surface area contributed by atoms with E-state index in [1.165, 1.54) is 23.7 Å². The lowest BCUT2D eigenvalue weighted by Gasteiger charge is -2.18. The molecule has 0 fully saturated rings. The van der Waals surface area contributed by atoms with Crippen molar-refractivity contribution in [3.8, 4) is 11.1 Å². The van der Waals surface area contributed by atoms with Crippen LogP contribution < -0.4 is 0 Å². The molecule has 0 radical (unpaired) electrons. The quantitative estimate of drug-likeness (QED) is 0.447. The third kappa shape index (κ3) is 3.48. The summed E-state index contributed by atoms with van der Waals surface area (Å²) in [5, 5.41) is 11.2. The van der Waals surface area contributed by atoms with Crippen LogP contribution in [0.25, 0.3) is 21.3 Å². The van der Waals surface area contributed by atoms with Crippen LogP contribution in [0, 0.1) is 6.92 Å². The predicted molar refractivity (Wildman–Crippen MR) is 109 cm³/mol. The van der Waals surface area contributed by atoms with E-state index >= 15 is 0 Å². The van der Waals surface area contributed by atoms with E-state index in [1.54, 1.807) is 25.2 Å². The molecule has 0 aliphatic heterocycles. The number of aryl methyl sites for hydroxylation is 1. The number of fused-ring (bicyclic) bond motifs is 1. The van der Waals surface area contributed by atoms with Crippen molar-refractivity contribution in [3.05, 3.63) is 41.0 Å². The molecule has 0 saturated heterocycles. The SMILES string of the molecule is Cc1sc2ncnc(SC(C)(C)C(=O)O)c2c1-c1ccc(C(C)C)cc1. The Morgan fingerprint density at radius 2 is 1.85 bits per heavy atom. The first-order valence-electron chi connectivity index (χ1n) is 8.47. The smallest absolute Gasteiger partial charge is 0.319 e. The van der Waals surface area contributed by atoms with E-state index < -0.39 is 10.7 Å². The fraction of sp³-hybridized carbons (Fsp3) is 0.350. The molecule has 4 nitrogen and oxygen atoms in total. The second-order valence-electron chi connectivity index (χ2n) is 7.09. The Balaban J connectivity index is 2.17. The third-order valence-corrected chi connectivity index (χ3v) is 6.56. The molecule has 0 aliphatic carbocycles. The number of hydrogen-bond donors (Lipinski definition) is 1. The first kappa shape index (κ1) is 18.9. The van der Waals surface area contributed by atoms with Gasteiger partial charge in [-0.2, -0.15) is 0 Å².